The minimum Gasteiger partial charge on any atom is -0.508 e. The lowest BCUT2D eigenvalue weighted by molar-refractivity contribution is -0.142. The molecule has 0 fully saturated rings. The third kappa shape index (κ3) is 5.99. The van der Waals surface area contributed by atoms with Crippen molar-refractivity contribution >= 4 is 11.9 Å². The Labute approximate surface area is 122 Å². The van der Waals surface area contributed by atoms with Crippen LogP contribution in [0.2, 0.25) is 0 Å². The van der Waals surface area contributed by atoms with Gasteiger partial charge in [0.15, 0.2) is 0 Å². The van der Waals surface area contributed by atoms with Crippen molar-refractivity contribution in [3.63, 3.8) is 0 Å². The lowest BCUT2D eigenvalue weighted by Gasteiger charge is -2.12. The zero-order chi connectivity index (χ0) is 15.7. The Morgan fingerprint density at radius 1 is 1.00 bits per heavy atom. The molecule has 0 amide bonds. The fourth-order valence-corrected chi connectivity index (χ4v) is 1.49. The molecule has 0 saturated heterocycles. The predicted molar refractivity (Wildman–Crippen MR) is 74.2 cm³/mol. The van der Waals surface area contributed by atoms with Crippen LogP contribution in [-0.2, 0) is 30.4 Å². The van der Waals surface area contributed by atoms with Gasteiger partial charge in [-0.1, -0.05) is 30.3 Å². The maximum atomic E-state index is 11.3. The Kier molecular flexibility index (Phi) is 6.80. The van der Waals surface area contributed by atoms with Crippen LogP contribution in [0, 0.1) is 0 Å². The number of benzene rings is 1. The molecule has 1 aromatic rings. The minimum atomic E-state index is -0.627. The third-order valence-electron chi connectivity index (χ3n) is 2.65. The highest BCUT2D eigenvalue weighted by atomic mass is 16.5. The van der Waals surface area contributed by atoms with Crippen molar-refractivity contribution in [1.29, 1.82) is 0 Å². The van der Waals surface area contributed by atoms with E-state index in [4.69, 9.17) is 4.74 Å². The molecule has 0 aliphatic rings. The summed E-state index contributed by atoms with van der Waals surface area (Å²) in [6.45, 7) is 0.165. The summed E-state index contributed by atoms with van der Waals surface area (Å²) in [7, 11) is 2.44. The lowest BCUT2D eigenvalue weighted by Crippen LogP contribution is -2.10. The number of aliphatic hydroxyl groups is 1. The molecule has 0 saturated carbocycles. The van der Waals surface area contributed by atoms with E-state index in [0.717, 1.165) is 5.56 Å². The van der Waals surface area contributed by atoms with Gasteiger partial charge in [0.1, 0.15) is 31.0 Å². The second-order valence-electron chi connectivity index (χ2n) is 4.15. The fraction of sp³-hybridized carbons (Fsp3) is 0.333. The van der Waals surface area contributed by atoms with E-state index in [1.54, 1.807) is 0 Å². The number of esters is 2. The van der Waals surface area contributed by atoms with Crippen molar-refractivity contribution in [2.24, 2.45) is 0 Å². The molecule has 6 heteroatoms. The van der Waals surface area contributed by atoms with Crippen molar-refractivity contribution < 1.29 is 28.9 Å². The quantitative estimate of drug-likeness (QED) is 0.612. The first-order valence-corrected chi connectivity index (χ1v) is 6.28. The largest absolute Gasteiger partial charge is 0.508 e. The van der Waals surface area contributed by atoms with E-state index in [1.807, 2.05) is 30.3 Å². The number of aliphatic hydroxyl groups excluding tert-OH is 1. The molecule has 0 bridgehead atoms. The Bertz CT molecular complexity index is 506. The number of hydrogen-bond acceptors (Lipinski definition) is 6. The van der Waals surface area contributed by atoms with Crippen LogP contribution in [0.4, 0.5) is 0 Å². The van der Waals surface area contributed by atoms with Crippen LogP contribution in [0.15, 0.2) is 41.9 Å². The number of ether oxygens (including phenoxy) is 3. The standard InChI is InChI=1S/C15H18O6/c1-19-14(17)8-12(16)13(9-15(18)20-2)21-10-11-6-4-3-5-7-11/h3-7,16H,8-10H2,1-2H3. The molecule has 0 aliphatic carbocycles. The Hall–Kier alpha value is -2.50. The summed E-state index contributed by atoms with van der Waals surface area (Å²) in [5, 5.41) is 9.88. The first-order valence-electron chi connectivity index (χ1n) is 6.28. The number of rotatable bonds is 7. The van der Waals surface area contributed by atoms with Crippen molar-refractivity contribution in [2.75, 3.05) is 14.2 Å². The summed E-state index contributed by atoms with van der Waals surface area (Å²) in [4.78, 5) is 22.5. The van der Waals surface area contributed by atoms with Crippen LogP contribution >= 0.6 is 0 Å². The first-order chi connectivity index (χ1) is 10.1. The van der Waals surface area contributed by atoms with Gasteiger partial charge in [0, 0.05) is 0 Å². The Morgan fingerprint density at radius 2 is 1.57 bits per heavy atom. The zero-order valence-electron chi connectivity index (χ0n) is 12.0. The van der Waals surface area contributed by atoms with Gasteiger partial charge in [0.05, 0.1) is 14.2 Å². The summed E-state index contributed by atoms with van der Waals surface area (Å²) in [5.41, 5.74) is 0.866. The van der Waals surface area contributed by atoms with Crippen LogP contribution in [0.5, 0.6) is 0 Å². The molecular formula is C15H18O6. The van der Waals surface area contributed by atoms with Gasteiger partial charge in [-0.3, -0.25) is 9.59 Å². The van der Waals surface area contributed by atoms with Crippen LogP contribution in [0.1, 0.15) is 18.4 Å². The smallest absolute Gasteiger partial charge is 0.313 e. The van der Waals surface area contributed by atoms with Gasteiger partial charge < -0.3 is 19.3 Å². The lowest BCUT2D eigenvalue weighted by atomic mass is 10.2. The molecule has 0 aromatic heterocycles. The van der Waals surface area contributed by atoms with E-state index < -0.39 is 11.9 Å². The van der Waals surface area contributed by atoms with E-state index in [2.05, 4.69) is 9.47 Å². The van der Waals surface area contributed by atoms with Crippen LogP contribution in [-0.4, -0.2) is 31.3 Å². The van der Waals surface area contributed by atoms with Gasteiger partial charge >= 0.3 is 11.9 Å². The van der Waals surface area contributed by atoms with Crippen molar-refractivity contribution in [3.05, 3.63) is 47.4 Å². The third-order valence-corrected chi connectivity index (χ3v) is 2.65. The van der Waals surface area contributed by atoms with Gasteiger partial charge in [0.25, 0.3) is 0 Å². The average molecular weight is 294 g/mol. The van der Waals surface area contributed by atoms with Crippen LogP contribution in [0.25, 0.3) is 0 Å². The Morgan fingerprint density at radius 3 is 2.14 bits per heavy atom. The summed E-state index contributed by atoms with van der Waals surface area (Å²) in [6, 6.07) is 9.23. The summed E-state index contributed by atoms with van der Waals surface area (Å²) < 4.78 is 14.4. The maximum Gasteiger partial charge on any atom is 0.313 e. The molecule has 114 valence electrons. The molecule has 1 aromatic carbocycles. The van der Waals surface area contributed by atoms with Crippen molar-refractivity contribution in [1.82, 2.24) is 0 Å². The molecule has 6 nitrogen and oxygen atoms in total. The van der Waals surface area contributed by atoms with Gasteiger partial charge in [0.2, 0.25) is 0 Å². The molecular weight excluding hydrogens is 276 g/mol. The number of carbonyl (C=O) groups excluding carboxylic acids is 2. The first kappa shape index (κ1) is 16.6. The zero-order valence-corrected chi connectivity index (χ0v) is 12.0. The van der Waals surface area contributed by atoms with Crippen LogP contribution < -0.4 is 0 Å². The highest BCUT2D eigenvalue weighted by Crippen LogP contribution is 2.16. The molecule has 0 spiro atoms. The van der Waals surface area contributed by atoms with Gasteiger partial charge in [-0.2, -0.15) is 0 Å². The Balaban J connectivity index is 2.78. The van der Waals surface area contributed by atoms with E-state index in [0.29, 0.717) is 0 Å². The highest BCUT2D eigenvalue weighted by Gasteiger charge is 2.16. The minimum absolute atomic E-state index is 0.00361. The normalized spacial score (nSPS) is 11.3. The van der Waals surface area contributed by atoms with Gasteiger partial charge in [-0.15, -0.1) is 0 Å². The van der Waals surface area contributed by atoms with E-state index >= 15 is 0 Å². The van der Waals surface area contributed by atoms with Crippen LogP contribution in [0.3, 0.4) is 0 Å². The molecule has 1 N–H and O–H groups in total. The molecule has 21 heavy (non-hydrogen) atoms. The topological polar surface area (TPSA) is 82.1 Å². The second-order valence-corrected chi connectivity index (χ2v) is 4.15. The van der Waals surface area contributed by atoms with E-state index in [1.165, 1.54) is 14.2 Å². The number of hydrogen-bond donors (Lipinski definition) is 1. The monoisotopic (exact) mass is 294 g/mol. The molecule has 0 radical (unpaired) electrons. The number of methoxy groups -OCH3 is 2. The number of carbonyl (C=O) groups is 2. The SMILES string of the molecule is COC(=O)CC(O)=C(CC(=O)OC)OCc1ccccc1. The summed E-state index contributed by atoms with van der Waals surface area (Å²) >= 11 is 0. The summed E-state index contributed by atoms with van der Waals surface area (Å²) in [6.07, 6.45) is -0.621. The van der Waals surface area contributed by atoms with Crippen molar-refractivity contribution in [3.8, 4) is 0 Å². The van der Waals surface area contributed by atoms with Crippen molar-refractivity contribution in [2.45, 2.75) is 19.4 Å². The predicted octanol–water partition coefficient (Wildman–Crippen LogP) is 2.10. The molecule has 0 heterocycles. The second kappa shape index (κ2) is 8.63. The van der Waals surface area contributed by atoms with E-state index in [9.17, 15) is 14.7 Å². The van der Waals surface area contributed by atoms with Gasteiger partial charge in [-0.05, 0) is 5.56 Å². The molecule has 0 aliphatic heterocycles. The maximum absolute atomic E-state index is 11.3. The van der Waals surface area contributed by atoms with E-state index in [-0.39, 0.29) is 31.0 Å². The molecule has 0 atom stereocenters. The highest BCUT2D eigenvalue weighted by molar-refractivity contribution is 5.74. The molecule has 0 unspecified atom stereocenters. The van der Waals surface area contributed by atoms with Gasteiger partial charge in [-0.25, -0.2) is 0 Å². The molecule has 1 rings (SSSR count). The average Bonchev–Trinajstić information content (AvgIpc) is 2.51. The fourth-order valence-electron chi connectivity index (χ4n) is 1.49. The summed E-state index contributed by atoms with van der Waals surface area (Å²) in [5.74, 6) is -1.55.